The molecule has 1 aromatic carbocycles. The number of hydrogen-bond acceptors (Lipinski definition) is 1. The third-order valence-electron chi connectivity index (χ3n) is 2.47. The van der Waals surface area contributed by atoms with E-state index < -0.39 is 0 Å². The molecule has 0 aliphatic rings. The maximum Gasteiger partial charge on any atom is 0.0834 e. The van der Waals surface area contributed by atoms with Crippen molar-refractivity contribution >= 4 is 0 Å². The molecular weight excluding hydrogens is 172 g/mol. The number of hydrogen-bond donors (Lipinski definition) is 0. The predicted molar refractivity (Wildman–Crippen MR) is 60.1 cm³/mol. The third-order valence-corrected chi connectivity index (χ3v) is 2.47. The van der Waals surface area contributed by atoms with E-state index in [9.17, 15) is 0 Å². The lowest BCUT2D eigenvalue weighted by Gasteiger charge is -2.25. The Balaban J connectivity index is 2.53. The average Bonchev–Trinajstić information content (AvgIpc) is 2.16. The summed E-state index contributed by atoms with van der Waals surface area (Å²) in [5.41, 5.74) is 2.01. The minimum atomic E-state index is -0.240. The quantitative estimate of drug-likeness (QED) is 0.660. The van der Waals surface area contributed by atoms with Crippen LogP contribution in [0.4, 0.5) is 0 Å². The van der Waals surface area contributed by atoms with E-state index in [0.717, 1.165) is 5.57 Å². The van der Waals surface area contributed by atoms with Crippen molar-refractivity contribution in [1.29, 1.82) is 0 Å². The van der Waals surface area contributed by atoms with Crippen LogP contribution in [0, 0.1) is 0 Å². The van der Waals surface area contributed by atoms with Crippen molar-refractivity contribution in [3.8, 4) is 0 Å². The van der Waals surface area contributed by atoms with Gasteiger partial charge in [0.1, 0.15) is 0 Å². The van der Waals surface area contributed by atoms with Crippen molar-refractivity contribution in [3.63, 3.8) is 0 Å². The first-order valence-electron chi connectivity index (χ1n) is 4.86. The lowest BCUT2D eigenvalue weighted by Crippen LogP contribution is -2.25. The standard InChI is InChI=1S/C13H18O/c1-11(2)13(3,4)14-10-12-8-6-5-7-9-12/h5-9H,1,10H2,2-4H3. The maximum atomic E-state index is 5.78. The number of benzene rings is 1. The van der Waals surface area contributed by atoms with E-state index in [-0.39, 0.29) is 5.60 Å². The van der Waals surface area contributed by atoms with Crippen LogP contribution in [0.5, 0.6) is 0 Å². The Morgan fingerprint density at radius 1 is 1.29 bits per heavy atom. The van der Waals surface area contributed by atoms with Gasteiger partial charge in [0.15, 0.2) is 0 Å². The Morgan fingerprint density at radius 2 is 1.86 bits per heavy atom. The molecule has 0 N–H and O–H groups in total. The molecule has 0 aliphatic carbocycles. The van der Waals surface area contributed by atoms with Crippen LogP contribution in [-0.2, 0) is 11.3 Å². The predicted octanol–water partition coefficient (Wildman–Crippen LogP) is 3.56. The van der Waals surface area contributed by atoms with E-state index in [0.29, 0.717) is 6.61 Å². The molecule has 0 saturated carbocycles. The van der Waals surface area contributed by atoms with Crippen LogP contribution in [0.3, 0.4) is 0 Å². The summed E-state index contributed by atoms with van der Waals surface area (Å²) in [5, 5.41) is 0. The highest BCUT2D eigenvalue weighted by Gasteiger charge is 2.18. The van der Waals surface area contributed by atoms with Gasteiger partial charge in [-0.1, -0.05) is 36.9 Å². The van der Waals surface area contributed by atoms with Gasteiger partial charge in [0.05, 0.1) is 12.2 Å². The SMILES string of the molecule is C=C(C)C(C)(C)OCc1ccccc1. The fourth-order valence-corrected chi connectivity index (χ4v) is 0.961. The summed E-state index contributed by atoms with van der Waals surface area (Å²) in [4.78, 5) is 0. The molecule has 0 bridgehead atoms. The first-order chi connectivity index (χ1) is 6.52. The van der Waals surface area contributed by atoms with Gasteiger partial charge in [0.2, 0.25) is 0 Å². The molecule has 0 aromatic heterocycles. The van der Waals surface area contributed by atoms with Gasteiger partial charge in [-0.25, -0.2) is 0 Å². The first-order valence-corrected chi connectivity index (χ1v) is 4.86. The Hall–Kier alpha value is -1.08. The van der Waals surface area contributed by atoms with E-state index in [1.165, 1.54) is 5.56 Å². The first kappa shape index (κ1) is 11.0. The summed E-state index contributed by atoms with van der Waals surface area (Å²) < 4.78 is 5.78. The van der Waals surface area contributed by atoms with Gasteiger partial charge in [-0.05, 0) is 31.9 Å². The summed E-state index contributed by atoms with van der Waals surface area (Å²) >= 11 is 0. The molecule has 0 amide bonds. The van der Waals surface area contributed by atoms with Crippen molar-refractivity contribution in [2.24, 2.45) is 0 Å². The van der Waals surface area contributed by atoms with Crippen LogP contribution in [-0.4, -0.2) is 5.60 Å². The lowest BCUT2D eigenvalue weighted by atomic mass is 10.0. The summed E-state index contributed by atoms with van der Waals surface area (Å²) in [6, 6.07) is 10.2. The van der Waals surface area contributed by atoms with Crippen molar-refractivity contribution in [2.45, 2.75) is 33.0 Å². The second kappa shape index (κ2) is 4.43. The monoisotopic (exact) mass is 190 g/mol. The summed E-state index contributed by atoms with van der Waals surface area (Å²) in [6.07, 6.45) is 0. The molecule has 76 valence electrons. The Bertz CT molecular complexity index is 298. The largest absolute Gasteiger partial charge is 0.367 e. The minimum absolute atomic E-state index is 0.240. The van der Waals surface area contributed by atoms with Crippen LogP contribution in [0.2, 0.25) is 0 Å². The van der Waals surface area contributed by atoms with Gasteiger partial charge in [0.25, 0.3) is 0 Å². The van der Waals surface area contributed by atoms with Gasteiger partial charge in [-0.15, -0.1) is 0 Å². The molecular formula is C13H18O. The van der Waals surface area contributed by atoms with E-state index in [1.807, 2.05) is 39.0 Å². The molecule has 0 unspecified atom stereocenters. The molecule has 1 rings (SSSR count). The van der Waals surface area contributed by atoms with Gasteiger partial charge >= 0.3 is 0 Å². The number of ether oxygens (including phenoxy) is 1. The molecule has 0 atom stereocenters. The fourth-order valence-electron chi connectivity index (χ4n) is 0.961. The second-order valence-electron chi connectivity index (χ2n) is 4.06. The Labute approximate surface area is 86.4 Å². The van der Waals surface area contributed by atoms with E-state index in [1.54, 1.807) is 0 Å². The van der Waals surface area contributed by atoms with Gasteiger partial charge < -0.3 is 4.74 Å². The normalized spacial score (nSPS) is 11.4. The van der Waals surface area contributed by atoms with E-state index in [4.69, 9.17) is 4.74 Å². The molecule has 0 fully saturated rings. The van der Waals surface area contributed by atoms with E-state index in [2.05, 4.69) is 18.7 Å². The molecule has 0 spiro atoms. The molecule has 1 aromatic rings. The minimum Gasteiger partial charge on any atom is -0.367 e. The zero-order valence-electron chi connectivity index (χ0n) is 9.21. The highest BCUT2D eigenvalue weighted by molar-refractivity contribution is 5.14. The topological polar surface area (TPSA) is 9.23 Å². The van der Waals surface area contributed by atoms with Gasteiger partial charge in [-0.3, -0.25) is 0 Å². The lowest BCUT2D eigenvalue weighted by molar-refractivity contribution is -0.00121. The molecule has 0 radical (unpaired) electrons. The van der Waals surface area contributed by atoms with Crippen molar-refractivity contribution in [3.05, 3.63) is 48.0 Å². The maximum absolute atomic E-state index is 5.78. The molecule has 1 heteroatoms. The van der Waals surface area contributed by atoms with Crippen LogP contribution in [0.25, 0.3) is 0 Å². The van der Waals surface area contributed by atoms with Crippen LogP contribution in [0.15, 0.2) is 42.5 Å². The summed E-state index contributed by atoms with van der Waals surface area (Å²) in [7, 11) is 0. The fraction of sp³-hybridized carbons (Fsp3) is 0.385. The summed E-state index contributed by atoms with van der Waals surface area (Å²) in [5.74, 6) is 0. The zero-order valence-corrected chi connectivity index (χ0v) is 9.21. The molecule has 0 aliphatic heterocycles. The highest BCUT2D eigenvalue weighted by atomic mass is 16.5. The average molecular weight is 190 g/mol. The third kappa shape index (κ3) is 3.00. The molecule has 0 saturated heterocycles. The van der Waals surface area contributed by atoms with Crippen molar-refractivity contribution in [2.75, 3.05) is 0 Å². The Kier molecular flexibility index (Phi) is 3.48. The summed E-state index contributed by atoms with van der Waals surface area (Å²) in [6.45, 7) is 10.6. The van der Waals surface area contributed by atoms with Crippen LogP contribution < -0.4 is 0 Å². The van der Waals surface area contributed by atoms with Gasteiger partial charge in [0, 0.05) is 0 Å². The van der Waals surface area contributed by atoms with Crippen molar-refractivity contribution in [1.82, 2.24) is 0 Å². The highest BCUT2D eigenvalue weighted by Crippen LogP contribution is 2.20. The van der Waals surface area contributed by atoms with Crippen LogP contribution >= 0.6 is 0 Å². The second-order valence-corrected chi connectivity index (χ2v) is 4.06. The molecule has 14 heavy (non-hydrogen) atoms. The Morgan fingerprint density at radius 3 is 2.36 bits per heavy atom. The van der Waals surface area contributed by atoms with Gasteiger partial charge in [-0.2, -0.15) is 0 Å². The molecule has 0 heterocycles. The van der Waals surface area contributed by atoms with E-state index >= 15 is 0 Å². The zero-order chi connectivity index (χ0) is 10.6. The smallest absolute Gasteiger partial charge is 0.0834 e. The molecule has 1 nitrogen and oxygen atoms in total. The van der Waals surface area contributed by atoms with Crippen molar-refractivity contribution < 1.29 is 4.74 Å². The van der Waals surface area contributed by atoms with Crippen LogP contribution in [0.1, 0.15) is 26.3 Å². The number of rotatable bonds is 4.